The van der Waals surface area contributed by atoms with Gasteiger partial charge in [0.25, 0.3) is 0 Å². The van der Waals surface area contributed by atoms with Gasteiger partial charge in [-0.2, -0.15) is 13.2 Å². The quantitative estimate of drug-likeness (QED) is 0.844. The number of aliphatic hydroxyl groups excluding tert-OH is 1. The van der Waals surface area contributed by atoms with E-state index in [1.165, 1.54) is 4.90 Å². The number of alkyl halides is 3. The van der Waals surface area contributed by atoms with E-state index in [2.05, 4.69) is 11.8 Å². The van der Waals surface area contributed by atoms with Crippen LogP contribution in [0.4, 0.5) is 13.2 Å². The van der Waals surface area contributed by atoms with Crippen molar-refractivity contribution in [3.05, 3.63) is 35.4 Å². The molecule has 0 heterocycles. The van der Waals surface area contributed by atoms with Gasteiger partial charge in [0.2, 0.25) is 0 Å². The lowest BCUT2D eigenvalue weighted by Gasteiger charge is -2.27. The van der Waals surface area contributed by atoms with E-state index in [0.29, 0.717) is 12.0 Å². The van der Waals surface area contributed by atoms with Gasteiger partial charge in [0.05, 0.1) is 13.2 Å². The molecule has 0 saturated carbocycles. The molecule has 0 aliphatic rings. The fourth-order valence-corrected chi connectivity index (χ4v) is 1.86. The van der Waals surface area contributed by atoms with E-state index in [-0.39, 0.29) is 19.2 Å². The Kier molecular flexibility index (Phi) is 6.73. The maximum absolute atomic E-state index is 12.6. The van der Waals surface area contributed by atoms with Crippen LogP contribution in [0.1, 0.15) is 31.4 Å². The van der Waals surface area contributed by atoms with Crippen molar-refractivity contribution in [3.8, 4) is 11.8 Å². The number of halogens is 3. The molecule has 0 aliphatic carbocycles. The fourth-order valence-electron chi connectivity index (χ4n) is 1.86. The van der Waals surface area contributed by atoms with Crippen molar-refractivity contribution in [2.75, 3.05) is 13.2 Å². The highest BCUT2D eigenvalue weighted by atomic mass is 19.4. The van der Waals surface area contributed by atoms with E-state index in [1.54, 1.807) is 38.1 Å². The first-order valence-electron chi connectivity index (χ1n) is 6.82. The molecule has 0 radical (unpaired) electrons. The van der Waals surface area contributed by atoms with Crippen LogP contribution in [0.15, 0.2) is 24.3 Å². The fraction of sp³-hybridized carbons (Fsp3) is 0.500. The molecule has 0 amide bonds. The Morgan fingerprint density at radius 2 is 1.90 bits per heavy atom. The second-order valence-electron chi connectivity index (χ2n) is 5.05. The third-order valence-electron chi connectivity index (χ3n) is 2.96. The number of benzene rings is 1. The van der Waals surface area contributed by atoms with Gasteiger partial charge in [-0.1, -0.05) is 30.0 Å². The maximum atomic E-state index is 12.6. The summed E-state index contributed by atoms with van der Waals surface area (Å²) in [5.41, 5.74) is 1.47. The van der Waals surface area contributed by atoms with Gasteiger partial charge in [0.15, 0.2) is 0 Å². The molecule has 1 rings (SSSR count). The molecule has 21 heavy (non-hydrogen) atoms. The van der Waals surface area contributed by atoms with Crippen molar-refractivity contribution in [2.24, 2.45) is 0 Å². The van der Waals surface area contributed by atoms with E-state index in [1.807, 2.05) is 0 Å². The normalized spacial score (nSPS) is 11.6. The van der Waals surface area contributed by atoms with Crippen LogP contribution in [0, 0.1) is 11.8 Å². The van der Waals surface area contributed by atoms with Crippen LogP contribution in [-0.2, 0) is 6.54 Å². The van der Waals surface area contributed by atoms with Crippen LogP contribution in [0.3, 0.4) is 0 Å². The van der Waals surface area contributed by atoms with Crippen molar-refractivity contribution in [1.82, 2.24) is 4.90 Å². The highest BCUT2D eigenvalue weighted by molar-refractivity contribution is 5.41. The van der Waals surface area contributed by atoms with Crippen LogP contribution in [-0.4, -0.2) is 35.4 Å². The van der Waals surface area contributed by atoms with E-state index >= 15 is 0 Å². The van der Waals surface area contributed by atoms with E-state index in [4.69, 9.17) is 5.11 Å². The van der Waals surface area contributed by atoms with E-state index in [0.717, 1.165) is 5.56 Å². The SMILES string of the molecule is CC(C)N(Cc1ccccc1C#CCCO)CC(F)(F)F. The summed E-state index contributed by atoms with van der Waals surface area (Å²) < 4.78 is 37.9. The second kappa shape index (κ2) is 8.06. The summed E-state index contributed by atoms with van der Waals surface area (Å²) in [7, 11) is 0. The smallest absolute Gasteiger partial charge is 0.395 e. The summed E-state index contributed by atoms with van der Waals surface area (Å²) in [6.07, 6.45) is -3.87. The second-order valence-corrected chi connectivity index (χ2v) is 5.05. The molecule has 0 aliphatic heterocycles. The lowest BCUT2D eigenvalue weighted by Crippen LogP contribution is -2.38. The van der Waals surface area contributed by atoms with Crippen LogP contribution in [0.2, 0.25) is 0 Å². The first-order chi connectivity index (χ1) is 9.83. The summed E-state index contributed by atoms with van der Waals surface area (Å²) >= 11 is 0. The van der Waals surface area contributed by atoms with Gasteiger partial charge in [-0.15, -0.1) is 0 Å². The van der Waals surface area contributed by atoms with Gasteiger partial charge in [-0.25, -0.2) is 0 Å². The van der Waals surface area contributed by atoms with E-state index in [9.17, 15) is 13.2 Å². The number of hydrogen-bond acceptors (Lipinski definition) is 2. The lowest BCUT2D eigenvalue weighted by atomic mass is 10.1. The molecule has 5 heteroatoms. The van der Waals surface area contributed by atoms with Crippen LogP contribution in [0.5, 0.6) is 0 Å². The molecular weight excluding hydrogens is 279 g/mol. The monoisotopic (exact) mass is 299 g/mol. The Balaban J connectivity index is 2.92. The molecule has 0 unspecified atom stereocenters. The van der Waals surface area contributed by atoms with Gasteiger partial charge >= 0.3 is 6.18 Å². The highest BCUT2D eigenvalue weighted by Crippen LogP contribution is 2.21. The number of aliphatic hydroxyl groups is 1. The summed E-state index contributed by atoms with van der Waals surface area (Å²) in [6, 6.07) is 6.94. The van der Waals surface area contributed by atoms with Gasteiger partial charge in [0.1, 0.15) is 0 Å². The van der Waals surface area contributed by atoms with Crippen LogP contribution >= 0.6 is 0 Å². The summed E-state index contributed by atoms with van der Waals surface area (Å²) in [5, 5.41) is 8.72. The van der Waals surface area contributed by atoms with Crippen molar-refractivity contribution < 1.29 is 18.3 Å². The molecule has 0 aromatic heterocycles. The minimum Gasteiger partial charge on any atom is -0.395 e. The molecule has 0 atom stereocenters. The molecule has 0 bridgehead atoms. The number of nitrogens with zero attached hydrogens (tertiary/aromatic N) is 1. The molecule has 2 nitrogen and oxygen atoms in total. The molecule has 116 valence electrons. The third kappa shape index (κ3) is 6.65. The molecule has 0 fully saturated rings. The Hall–Kier alpha value is -1.51. The first kappa shape index (κ1) is 17.5. The van der Waals surface area contributed by atoms with Crippen molar-refractivity contribution in [1.29, 1.82) is 0 Å². The lowest BCUT2D eigenvalue weighted by molar-refractivity contribution is -0.150. The minimum atomic E-state index is -4.22. The van der Waals surface area contributed by atoms with Crippen LogP contribution < -0.4 is 0 Å². The zero-order valence-electron chi connectivity index (χ0n) is 12.2. The van der Waals surface area contributed by atoms with Crippen molar-refractivity contribution in [3.63, 3.8) is 0 Å². The molecule has 1 aromatic carbocycles. The Morgan fingerprint density at radius 1 is 1.24 bits per heavy atom. The predicted molar refractivity (Wildman–Crippen MR) is 76.6 cm³/mol. The van der Waals surface area contributed by atoms with Crippen molar-refractivity contribution in [2.45, 2.75) is 39.0 Å². The summed E-state index contributed by atoms with van der Waals surface area (Å²) in [6.45, 7) is 2.71. The zero-order valence-corrected chi connectivity index (χ0v) is 12.2. The Labute approximate surface area is 123 Å². The minimum absolute atomic E-state index is 0.0264. The average Bonchev–Trinajstić information content (AvgIpc) is 2.38. The van der Waals surface area contributed by atoms with Gasteiger partial charge in [0, 0.05) is 24.6 Å². The number of hydrogen-bond donors (Lipinski definition) is 1. The summed E-state index contributed by atoms with van der Waals surface area (Å²) in [5.74, 6) is 5.71. The molecule has 1 N–H and O–H groups in total. The molecule has 1 aromatic rings. The topological polar surface area (TPSA) is 23.5 Å². The molecular formula is C16H20F3NO. The van der Waals surface area contributed by atoms with Gasteiger partial charge in [-0.05, 0) is 25.5 Å². The number of rotatable bonds is 5. The average molecular weight is 299 g/mol. The molecule has 0 saturated heterocycles. The Morgan fingerprint density at radius 3 is 2.48 bits per heavy atom. The predicted octanol–water partition coefficient (Wildman–Crippen LogP) is 3.19. The van der Waals surface area contributed by atoms with Gasteiger partial charge in [-0.3, -0.25) is 4.90 Å². The zero-order chi connectivity index (χ0) is 15.9. The van der Waals surface area contributed by atoms with E-state index < -0.39 is 12.7 Å². The first-order valence-corrected chi connectivity index (χ1v) is 6.82. The standard InChI is InChI=1S/C16H20F3NO/c1-13(2)20(12-16(17,18)19)11-15-9-4-3-7-14(15)8-5-6-10-21/h3-4,7,9,13,21H,6,10-12H2,1-2H3. The van der Waals surface area contributed by atoms with Gasteiger partial charge < -0.3 is 5.11 Å². The Bertz CT molecular complexity index is 500. The van der Waals surface area contributed by atoms with Crippen LogP contribution in [0.25, 0.3) is 0 Å². The van der Waals surface area contributed by atoms with Crippen molar-refractivity contribution >= 4 is 0 Å². The largest absolute Gasteiger partial charge is 0.401 e. The molecule has 0 spiro atoms. The highest BCUT2D eigenvalue weighted by Gasteiger charge is 2.31. The summed E-state index contributed by atoms with van der Waals surface area (Å²) in [4.78, 5) is 1.37. The third-order valence-corrected chi connectivity index (χ3v) is 2.96. The maximum Gasteiger partial charge on any atom is 0.401 e.